The van der Waals surface area contributed by atoms with Crippen molar-refractivity contribution >= 4 is 34.7 Å². The Morgan fingerprint density at radius 2 is 1.88 bits per heavy atom. The van der Waals surface area contributed by atoms with Crippen molar-refractivity contribution in [2.45, 2.75) is 20.3 Å². The highest BCUT2D eigenvalue weighted by atomic mass is 127. The first-order chi connectivity index (χ1) is 12.5. The summed E-state index contributed by atoms with van der Waals surface area (Å²) >= 11 is 2.31. The molecule has 1 amide bonds. The zero-order valence-electron chi connectivity index (χ0n) is 14.7. The molecular formula is C21H20IN3O. The van der Waals surface area contributed by atoms with Crippen LogP contribution in [-0.4, -0.2) is 16.7 Å². The van der Waals surface area contributed by atoms with E-state index in [2.05, 4.69) is 75.8 Å². The lowest BCUT2D eigenvalue weighted by molar-refractivity contribution is -0.120. The molecule has 0 spiro atoms. The van der Waals surface area contributed by atoms with Crippen LogP contribution in [0.15, 0.2) is 65.8 Å². The minimum atomic E-state index is -0.126. The Labute approximate surface area is 167 Å². The number of carbonyl (C=O) groups is 1. The van der Waals surface area contributed by atoms with Crippen LogP contribution in [0.4, 0.5) is 0 Å². The van der Waals surface area contributed by atoms with Gasteiger partial charge in [-0.05, 0) is 66.3 Å². The average Bonchev–Trinajstić information content (AvgIpc) is 2.89. The van der Waals surface area contributed by atoms with Crippen molar-refractivity contribution < 1.29 is 4.79 Å². The number of benzene rings is 2. The second-order valence-electron chi connectivity index (χ2n) is 6.10. The summed E-state index contributed by atoms with van der Waals surface area (Å²) in [7, 11) is 0. The van der Waals surface area contributed by atoms with Gasteiger partial charge >= 0.3 is 0 Å². The Morgan fingerprint density at radius 1 is 1.12 bits per heavy atom. The summed E-state index contributed by atoms with van der Waals surface area (Å²) in [4.78, 5) is 12.0. The third kappa shape index (κ3) is 4.40. The highest BCUT2D eigenvalue weighted by Gasteiger charge is 2.10. The van der Waals surface area contributed by atoms with Gasteiger partial charge in [0.15, 0.2) is 0 Å². The molecule has 2 aromatic carbocycles. The summed E-state index contributed by atoms with van der Waals surface area (Å²) < 4.78 is 3.38. The number of halogens is 1. The Bertz CT molecular complexity index is 945. The normalized spacial score (nSPS) is 11.0. The highest BCUT2D eigenvalue weighted by molar-refractivity contribution is 14.1. The van der Waals surface area contributed by atoms with E-state index in [1.54, 1.807) is 6.21 Å². The van der Waals surface area contributed by atoms with Crippen molar-refractivity contribution in [3.05, 3.63) is 86.7 Å². The fourth-order valence-corrected chi connectivity index (χ4v) is 3.45. The molecule has 0 fully saturated rings. The van der Waals surface area contributed by atoms with Crippen LogP contribution in [0.25, 0.3) is 5.69 Å². The zero-order chi connectivity index (χ0) is 18.5. The predicted octanol–water partition coefficient (Wildman–Crippen LogP) is 4.39. The van der Waals surface area contributed by atoms with Crippen molar-refractivity contribution in [3.8, 4) is 5.69 Å². The minimum absolute atomic E-state index is 0.126. The van der Waals surface area contributed by atoms with E-state index < -0.39 is 0 Å². The number of aromatic nitrogens is 1. The number of nitrogens with zero attached hydrogens (tertiary/aromatic N) is 2. The maximum Gasteiger partial charge on any atom is 0.244 e. The first kappa shape index (κ1) is 18.4. The lowest BCUT2D eigenvalue weighted by atomic mass is 10.1. The minimum Gasteiger partial charge on any atom is -0.318 e. The summed E-state index contributed by atoms with van der Waals surface area (Å²) in [5, 5.41) is 4.12. The molecule has 0 saturated carbocycles. The first-order valence-electron chi connectivity index (χ1n) is 8.35. The van der Waals surface area contributed by atoms with E-state index in [9.17, 15) is 4.79 Å². The lowest BCUT2D eigenvalue weighted by Crippen LogP contribution is -2.19. The fourth-order valence-electron chi connectivity index (χ4n) is 2.93. The van der Waals surface area contributed by atoms with Crippen LogP contribution >= 0.6 is 22.6 Å². The molecule has 0 saturated heterocycles. The summed E-state index contributed by atoms with van der Waals surface area (Å²) in [6, 6.07) is 20.1. The molecule has 1 N–H and O–H groups in total. The van der Waals surface area contributed by atoms with Gasteiger partial charge in [0.25, 0.3) is 0 Å². The second-order valence-corrected chi connectivity index (χ2v) is 7.34. The molecule has 132 valence electrons. The van der Waals surface area contributed by atoms with Crippen LogP contribution in [-0.2, 0) is 11.2 Å². The SMILES string of the molecule is Cc1cc(/C=N/NC(=O)Cc2ccccc2)c(C)n1-c1cccc(I)c1. The standard InChI is InChI=1S/C21H20IN3O/c1-15-11-18(16(2)25(15)20-10-6-9-19(22)13-20)14-23-24-21(26)12-17-7-4-3-5-8-17/h3-11,13-14H,12H2,1-2H3,(H,24,26)/b23-14+. The van der Waals surface area contributed by atoms with Crippen LogP contribution in [0.2, 0.25) is 0 Å². The van der Waals surface area contributed by atoms with Crippen LogP contribution < -0.4 is 5.43 Å². The molecular weight excluding hydrogens is 437 g/mol. The third-order valence-corrected chi connectivity index (χ3v) is 4.81. The zero-order valence-corrected chi connectivity index (χ0v) is 16.9. The Hall–Kier alpha value is -2.41. The quantitative estimate of drug-likeness (QED) is 0.345. The van der Waals surface area contributed by atoms with Crippen molar-refractivity contribution in [1.29, 1.82) is 0 Å². The number of hydrogen-bond acceptors (Lipinski definition) is 2. The monoisotopic (exact) mass is 457 g/mol. The summed E-state index contributed by atoms with van der Waals surface area (Å²) in [6.45, 7) is 4.12. The Balaban J connectivity index is 1.71. The molecule has 0 unspecified atom stereocenters. The van der Waals surface area contributed by atoms with Gasteiger partial charge < -0.3 is 4.57 Å². The number of hydrogen-bond donors (Lipinski definition) is 1. The number of amides is 1. The van der Waals surface area contributed by atoms with Gasteiger partial charge in [-0.25, -0.2) is 5.43 Å². The van der Waals surface area contributed by atoms with Gasteiger partial charge in [0.1, 0.15) is 0 Å². The average molecular weight is 457 g/mol. The molecule has 0 aliphatic carbocycles. The number of rotatable bonds is 5. The highest BCUT2D eigenvalue weighted by Crippen LogP contribution is 2.21. The largest absolute Gasteiger partial charge is 0.318 e. The van der Waals surface area contributed by atoms with Gasteiger partial charge in [-0.15, -0.1) is 0 Å². The van der Waals surface area contributed by atoms with Crippen LogP contribution in [0.5, 0.6) is 0 Å². The molecule has 3 rings (SSSR count). The van der Waals surface area contributed by atoms with E-state index >= 15 is 0 Å². The molecule has 0 bridgehead atoms. The Kier molecular flexibility index (Phi) is 5.88. The molecule has 3 aromatic rings. The fraction of sp³-hybridized carbons (Fsp3) is 0.143. The first-order valence-corrected chi connectivity index (χ1v) is 9.43. The predicted molar refractivity (Wildman–Crippen MR) is 114 cm³/mol. The van der Waals surface area contributed by atoms with Gasteiger partial charge in [-0.2, -0.15) is 5.10 Å². The molecule has 0 aliphatic heterocycles. The Morgan fingerprint density at radius 3 is 2.62 bits per heavy atom. The van der Waals surface area contributed by atoms with Crippen LogP contribution in [0, 0.1) is 17.4 Å². The van der Waals surface area contributed by atoms with Gasteiger partial charge in [0.05, 0.1) is 12.6 Å². The van der Waals surface area contributed by atoms with Gasteiger partial charge in [-0.3, -0.25) is 4.79 Å². The molecule has 0 radical (unpaired) electrons. The van der Waals surface area contributed by atoms with Crippen LogP contribution in [0.3, 0.4) is 0 Å². The number of aryl methyl sites for hydroxylation is 1. The van der Waals surface area contributed by atoms with Crippen LogP contribution in [0.1, 0.15) is 22.5 Å². The number of carbonyl (C=O) groups excluding carboxylic acids is 1. The summed E-state index contributed by atoms with van der Waals surface area (Å²) in [6.07, 6.45) is 2.02. The summed E-state index contributed by atoms with van der Waals surface area (Å²) in [5.41, 5.74) is 7.90. The topological polar surface area (TPSA) is 46.4 Å². The third-order valence-electron chi connectivity index (χ3n) is 4.14. The van der Waals surface area contributed by atoms with E-state index in [-0.39, 0.29) is 5.91 Å². The number of nitrogens with one attached hydrogen (secondary N) is 1. The van der Waals surface area contributed by atoms with E-state index in [0.717, 1.165) is 28.2 Å². The van der Waals surface area contributed by atoms with E-state index in [1.807, 2.05) is 36.4 Å². The smallest absolute Gasteiger partial charge is 0.244 e. The van der Waals surface area contributed by atoms with E-state index in [1.165, 1.54) is 3.57 Å². The molecule has 26 heavy (non-hydrogen) atoms. The molecule has 4 nitrogen and oxygen atoms in total. The van der Waals surface area contributed by atoms with E-state index in [4.69, 9.17) is 0 Å². The second kappa shape index (κ2) is 8.31. The number of hydrazone groups is 1. The maximum atomic E-state index is 12.0. The van der Waals surface area contributed by atoms with Gasteiger partial charge in [-0.1, -0.05) is 36.4 Å². The molecule has 0 aliphatic rings. The molecule has 1 heterocycles. The molecule has 1 aromatic heterocycles. The summed E-state index contributed by atoms with van der Waals surface area (Å²) in [5.74, 6) is -0.126. The van der Waals surface area contributed by atoms with Gasteiger partial charge in [0.2, 0.25) is 5.91 Å². The van der Waals surface area contributed by atoms with E-state index in [0.29, 0.717) is 6.42 Å². The molecule has 0 atom stereocenters. The van der Waals surface area contributed by atoms with Crippen molar-refractivity contribution in [2.24, 2.45) is 5.10 Å². The van der Waals surface area contributed by atoms with Crippen molar-refractivity contribution in [1.82, 2.24) is 9.99 Å². The molecule has 5 heteroatoms. The van der Waals surface area contributed by atoms with Crippen molar-refractivity contribution in [3.63, 3.8) is 0 Å². The maximum absolute atomic E-state index is 12.0. The lowest BCUT2D eigenvalue weighted by Gasteiger charge is -2.09. The van der Waals surface area contributed by atoms with Gasteiger partial charge in [0, 0.05) is 26.2 Å². The van der Waals surface area contributed by atoms with Crippen molar-refractivity contribution in [2.75, 3.05) is 0 Å².